The van der Waals surface area contributed by atoms with Crippen LogP contribution in [0.15, 0.2) is 31.9 Å². The summed E-state index contributed by atoms with van der Waals surface area (Å²) in [5.74, 6) is 0. The van der Waals surface area contributed by atoms with Crippen molar-refractivity contribution in [3.63, 3.8) is 0 Å². The molecule has 4 aromatic rings. The Bertz CT molecular complexity index is 1190. The number of thioether (sulfide) groups is 1. The Labute approximate surface area is 168 Å². The normalized spacial score (nSPS) is 11.5. The van der Waals surface area contributed by atoms with E-state index < -0.39 is 9.84 Å². The van der Waals surface area contributed by atoms with E-state index in [0.29, 0.717) is 21.3 Å². The number of hydrogen-bond donors (Lipinski definition) is 2. The van der Waals surface area contributed by atoms with E-state index in [1.165, 1.54) is 18.0 Å². The Morgan fingerprint density at radius 1 is 0.962 bits per heavy atom. The standard InChI is InChI=1S/C6H5BrN4O2S.C6H5BrN4S/c1-14(12,13)6-8-2-3-4(7)10-11-5(3)9-6;1-12-6-8-2-3-4(7)10-11-5(3)9-6/h2H,1H3,(H,8,9,10,11);2H,1H3,(H,8,9,10,11). The number of aromatic nitrogens is 8. The Morgan fingerprint density at radius 3 is 2.04 bits per heavy atom. The highest BCUT2D eigenvalue weighted by molar-refractivity contribution is 9.10. The summed E-state index contributed by atoms with van der Waals surface area (Å²) in [5, 5.41) is 15.3. The van der Waals surface area contributed by atoms with Crippen molar-refractivity contribution in [2.24, 2.45) is 0 Å². The SMILES string of the molecule is CS(=O)(=O)c1ncc2c(Br)[nH]nc2n1.CSc1ncc2c(Br)[nH]nc2n1. The first kappa shape index (κ1) is 19.1. The molecule has 0 spiro atoms. The van der Waals surface area contributed by atoms with Gasteiger partial charge in [0.05, 0.1) is 10.8 Å². The minimum Gasteiger partial charge on any atom is -0.269 e. The lowest BCUT2D eigenvalue weighted by Crippen LogP contribution is -2.03. The smallest absolute Gasteiger partial charge is 0.248 e. The Hall–Kier alpha value is -1.64. The van der Waals surface area contributed by atoms with Gasteiger partial charge in [-0.2, -0.15) is 15.2 Å². The van der Waals surface area contributed by atoms with E-state index >= 15 is 0 Å². The number of halogens is 2. The van der Waals surface area contributed by atoms with Crippen LogP contribution in [0.2, 0.25) is 0 Å². The summed E-state index contributed by atoms with van der Waals surface area (Å²) in [5.41, 5.74) is 1.02. The zero-order valence-electron chi connectivity index (χ0n) is 13.2. The second-order valence-electron chi connectivity index (χ2n) is 4.83. The zero-order chi connectivity index (χ0) is 18.9. The summed E-state index contributed by atoms with van der Waals surface area (Å²) < 4.78 is 23.7. The van der Waals surface area contributed by atoms with Gasteiger partial charge in [0.2, 0.25) is 15.0 Å². The van der Waals surface area contributed by atoms with Crippen molar-refractivity contribution < 1.29 is 8.42 Å². The predicted octanol–water partition coefficient (Wildman–Crippen LogP) is 2.36. The van der Waals surface area contributed by atoms with Gasteiger partial charge in [-0.15, -0.1) is 0 Å². The van der Waals surface area contributed by atoms with Gasteiger partial charge in [0.1, 0.15) is 9.21 Å². The molecule has 0 aliphatic heterocycles. The van der Waals surface area contributed by atoms with Crippen molar-refractivity contribution in [3.8, 4) is 0 Å². The van der Waals surface area contributed by atoms with E-state index in [2.05, 4.69) is 72.2 Å². The van der Waals surface area contributed by atoms with Crippen molar-refractivity contribution >= 4 is 75.5 Å². The number of H-pyrrole nitrogens is 2. The van der Waals surface area contributed by atoms with Gasteiger partial charge >= 0.3 is 0 Å². The summed E-state index contributed by atoms with van der Waals surface area (Å²) in [4.78, 5) is 15.8. The molecule has 0 unspecified atom stereocenters. The van der Waals surface area contributed by atoms with Gasteiger partial charge in [0.25, 0.3) is 0 Å². The van der Waals surface area contributed by atoms with Crippen LogP contribution in [0.5, 0.6) is 0 Å². The van der Waals surface area contributed by atoms with Crippen molar-refractivity contribution in [1.82, 2.24) is 40.3 Å². The van der Waals surface area contributed by atoms with Crippen LogP contribution < -0.4 is 0 Å². The fourth-order valence-electron chi connectivity index (χ4n) is 1.80. The van der Waals surface area contributed by atoms with Crippen LogP contribution in [0.4, 0.5) is 0 Å². The quantitative estimate of drug-likeness (QED) is 0.300. The lowest BCUT2D eigenvalue weighted by atomic mass is 10.5. The largest absolute Gasteiger partial charge is 0.269 e. The monoisotopic (exact) mass is 520 g/mol. The first-order valence-electron chi connectivity index (χ1n) is 6.77. The number of nitrogens with one attached hydrogen (secondary N) is 2. The maximum Gasteiger partial charge on any atom is 0.248 e. The molecule has 0 radical (unpaired) electrons. The molecule has 0 saturated heterocycles. The van der Waals surface area contributed by atoms with Gasteiger partial charge in [0.15, 0.2) is 16.5 Å². The average Bonchev–Trinajstić information content (AvgIpc) is 3.17. The van der Waals surface area contributed by atoms with Crippen molar-refractivity contribution in [2.45, 2.75) is 10.3 Å². The van der Waals surface area contributed by atoms with Crippen LogP contribution in [0.1, 0.15) is 0 Å². The van der Waals surface area contributed by atoms with Crippen LogP contribution >= 0.6 is 43.6 Å². The minimum absolute atomic E-state index is 0.219. The third kappa shape index (κ3) is 4.02. The van der Waals surface area contributed by atoms with Crippen molar-refractivity contribution in [2.75, 3.05) is 12.5 Å². The molecule has 26 heavy (non-hydrogen) atoms. The summed E-state index contributed by atoms with van der Waals surface area (Å²) in [7, 11) is -3.38. The fourth-order valence-corrected chi connectivity index (χ4v) is 3.37. The van der Waals surface area contributed by atoms with Gasteiger partial charge < -0.3 is 0 Å². The summed E-state index contributed by atoms with van der Waals surface area (Å²) >= 11 is 8.00. The van der Waals surface area contributed by atoms with Crippen LogP contribution in [0.3, 0.4) is 0 Å². The van der Waals surface area contributed by atoms with E-state index in [9.17, 15) is 8.42 Å². The molecular formula is C12H10Br2N8O2S2. The van der Waals surface area contributed by atoms with E-state index in [-0.39, 0.29) is 5.16 Å². The molecule has 10 nitrogen and oxygen atoms in total. The average molecular weight is 522 g/mol. The van der Waals surface area contributed by atoms with Crippen LogP contribution in [0, 0.1) is 0 Å². The number of nitrogens with zero attached hydrogens (tertiary/aromatic N) is 6. The third-order valence-corrected chi connectivity index (χ3v) is 5.63. The van der Waals surface area contributed by atoms with Gasteiger partial charge in [-0.25, -0.2) is 23.4 Å². The molecule has 0 fully saturated rings. The molecule has 14 heteroatoms. The highest BCUT2D eigenvalue weighted by atomic mass is 79.9. The fraction of sp³-hybridized carbons (Fsp3) is 0.167. The van der Waals surface area contributed by atoms with Crippen molar-refractivity contribution in [3.05, 3.63) is 21.6 Å². The first-order valence-corrected chi connectivity index (χ1v) is 11.5. The number of hydrogen-bond acceptors (Lipinski definition) is 9. The molecule has 0 aromatic carbocycles. The molecule has 0 atom stereocenters. The molecular weight excluding hydrogens is 512 g/mol. The Kier molecular flexibility index (Phi) is 5.55. The molecule has 2 N–H and O–H groups in total. The summed E-state index contributed by atoms with van der Waals surface area (Å²) in [6.45, 7) is 0. The number of rotatable bonds is 2. The highest BCUT2D eigenvalue weighted by Crippen LogP contribution is 2.20. The maximum atomic E-state index is 11.1. The second-order valence-corrected chi connectivity index (χ2v) is 9.10. The van der Waals surface area contributed by atoms with E-state index in [4.69, 9.17) is 0 Å². The molecule has 4 rings (SSSR count). The van der Waals surface area contributed by atoms with E-state index in [0.717, 1.165) is 21.4 Å². The lowest BCUT2D eigenvalue weighted by molar-refractivity contribution is 0.593. The third-order valence-electron chi connectivity index (χ3n) is 3.00. The second kappa shape index (κ2) is 7.54. The van der Waals surface area contributed by atoms with Crippen molar-refractivity contribution in [1.29, 1.82) is 0 Å². The van der Waals surface area contributed by atoms with Gasteiger partial charge in [0, 0.05) is 18.6 Å². The lowest BCUT2D eigenvalue weighted by Gasteiger charge is -1.94. The van der Waals surface area contributed by atoms with Gasteiger partial charge in [-0.05, 0) is 38.1 Å². The Balaban J connectivity index is 0.000000152. The van der Waals surface area contributed by atoms with E-state index in [1.807, 2.05) is 6.26 Å². The Morgan fingerprint density at radius 2 is 1.50 bits per heavy atom. The number of aromatic amines is 2. The summed E-state index contributed by atoms with van der Waals surface area (Å²) in [6.07, 6.45) is 6.15. The van der Waals surface area contributed by atoms with Crippen LogP contribution in [0.25, 0.3) is 22.1 Å². The van der Waals surface area contributed by atoms with Crippen LogP contribution in [-0.4, -0.2) is 61.3 Å². The predicted molar refractivity (Wildman–Crippen MR) is 104 cm³/mol. The molecule has 4 aromatic heterocycles. The zero-order valence-corrected chi connectivity index (χ0v) is 18.0. The number of sulfone groups is 1. The molecule has 0 saturated carbocycles. The molecule has 0 aliphatic rings. The molecule has 0 amide bonds. The summed E-state index contributed by atoms with van der Waals surface area (Å²) in [6, 6.07) is 0. The van der Waals surface area contributed by atoms with E-state index in [1.54, 1.807) is 6.20 Å². The number of fused-ring (bicyclic) bond motifs is 2. The molecule has 0 bridgehead atoms. The van der Waals surface area contributed by atoms with Gasteiger partial charge in [-0.3, -0.25) is 10.2 Å². The van der Waals surface area contributed by atoms with Crippen LogP contribution in [-0.2, 0) is 9.84 Å². The highest BCUT2D eigenvalue weighted by Gasteiger charge is 2.13. The molecule has 4 heterocycles. The van der Waals surface area contributed by atoms with Gasteiger partial charge in [-0.1, -0.05) is 11.8 Å². The topological polar surface area (TPSA) is 143 Å². The first-order chi connectivity index (χ1) is 12.3. The maximum absolute atomic E-state index is 11.1. The molecule has 0 aliphatic carbocycles. The minimum atomic E-state index is -3.38. The molecule has 136 valence electrons.